The molecule has 1 atom stereocenters. The summed E-state index contributed by atoms with van der Waals surface area (Å²) in [5, 5.41) is 0. The van der Waals surface area contributed by atoms with E-state index in [-0.39, 0.29) is 51.0 Å². The molecule has 2 aromatic carbocycles. The summed E-state index contributed by atoms with van der Waals surface area (Å²) in [6.45, 7) is 4.66. The molecule has 0 aliphatic heterocycles. The predicted molar refractivity (Wildman–Crippen MR) is 92.2 cm³/mol. The number of hydrogen-bond acceptors (Lipinski definition) is 0. The average Bonchev–Trinajstić information content (AvgIpc) is 3.00. The first-order valence-electron chi connectivity index (χ1n) is 7.71. The quantitative estimate of drug-likeness (QED) is 0.240. The summed E-state index contributed by atoms with van der Waals surface area (Å²) in [5.74, 6) is 0. The first-order valence-corrected chi connectivity index (χ1v) is 7.71. The van der Waals surface area contributed by atoms with Gasteiger partial charge in [-0.3, -0.25) is 0 Å². The fourth-order valence-corrected chi connectivity index (χ4v) is 2.36. The number of likely N-dealkylation sites (N-methyl/N-ethyl adjacent to an activating group) is 2. The third-order valence-electron chi connectivity index (χ3n) is 3.98. The van der Waals surface area contributed by atoms with Crippen molar-refractivity contribution in [3.8, 4) is 0 Å². The van der Waals surface area contributed by atoms with Gasteiger partial charge in [0.25, 0.3) is 0 Å². The van der Waals surface area contributed by atoms with Crippen LogP contribution in [0.3, 0.4) is 0 Å². The maximum absolute atomic E-state index is 2.34. The fraction of sp³-hybridized carbons (Fsp3) is 0.474. The Balaban J connectivity index is -0.000000475. The van der Waals surface area contributed by atoms with Crippen molar-refractivity contribution >= 4 is 0 Å². The number of nitrogens with zero attached hydrogens (tertiary/aromatic N) is 2. The smallest absolute Gasteiger partial charge is 1.00 e. The van der Waals surface area contributed by atoms with Crippen molar-refractivity contribution < 1.29 is 60.0 Å². The fourth-order valence-electron chi connectivity index (χ4n) is 2.36. The molecule has 0 spiro atoms. The topological polar surface area (TPSA) is 0 Å². The molecule has 0 aromatic heterocycles. The van der Waals surface area contributed by atoms with Gasteiger partial charge < -0.3 is 42.9 Å². The van der Waals surface area contributed by atoms with Crippen LogP contribution in [0.1, 0.15) is 12.5 Å². The van der Waals surface area contributed by atoms with Gasteiger partial charge in [-0.25, -0.2) is 24.3 Å². The third-order valence-corrected chi connectivity index (χ3v) is 3.98. The summed E-state index contributed by atoms with van der Waals surface area (Å²) in [6.07, 6.45) is 0. The minimum Gasteiger partial charge on any atom is -1.00 e. The van der Waals surface area contributed by atoms with Gasteiger partial charge in [-0.2, -0.15) is 30.3 Å². The Morgan fingerprint density at radius 2 is 1.33 bits per heavy atom. The van der Waals surface area contributed by atoms with E-state index in [1.165, 1.54) is 12.1 Å². The second-order valence-electron chi connectivity index (χ2n) is 7.50. The van der Waals surface area contributed by atoms with Crippen molar-refractivity contribution in [3.05, 3.63) is 60.2 Å². The first-order chi connectivity index (χ1) is 9.71. The molecule has 0 aliphatic carbocycles. The van der Waals surface area contributed by atoms with Crippen molar-refractivity contribution in [1.29, 1.82) is 0 Å². The first kappa shape index (κ1) is 28.9. The summed E-state index contributed by atoms with van der Waals surface area (Å²) in [4.78, 5) is 0. The number of rotatable bonds is 5. The Morgan fingerprint density at radius 3 is 1.67 bits per heavy atom. The van der Waals surface area contributed by atoms with Crippen molar-refractivity contribution in [2.75, 3.05) is 41.8 Å². The van der Waals surface area contributed by atoms with Gasteiger partial charge in [0, 0.05) is 0 Å². The van der Waals surface area contributed by atoms with Crippen LogP contribution in [0.4, 0.5) is 0 Å². The Labute approximate surface area is 180 Å². The Kier molecular flexibility index (Phi) is 16.0. The number of quaternary nitrogens is 2. The van der Waals surface area contributed by atoms with Crippen molar-refractivity contribution in [2.24, 2.45) is 0 Å². The van der Waals surface area contributed by atoms with Gasteiger partial charge in [-0.1, -0.05) is 0 Å². The second-order valence-corrected chi connectivity index (χ2v) is 7.50. The minimum absolute atomic E-state index is 0. The molecule has 24 heavy (non-hydrogen) atoms. The molecule has 0 radical (unpaired) electrons. The van der Waals surface area contributed by atoms with Crippen LogP contribution < -0.4 is 34.0 Å². The Morgan fingerprint density at radius 1 is 0.875 bits per heavy atom. The van der Waals surface area contributed by atoms with Gasteiger partial charge in [0.1, 0.15) is 12.6 Å². The molecule has 0 bridgehead atoms. The molecule has 0 aliphatic rings. The van der Waals surface area contributed by atoms with Crippen LogP contribution in [0, 0.1) is 0 Å². The van der Waals surface area contributed by atoms with Crippen molar-refractivity contribution in [1.82, 2.24) is 0 Å². The molecule has 0 N–H and O–H groups in total. The largest absolute Gasteiger partial charge is 2.00 e. The molecule has 2 nitrogen and oxygen atoms in total. The van der Waals surface area contributed by atoms with Gasteiger partial charge in [-0.15, -0.1) is 5.56 Å². The maximum Gasteiger partial charge on any atom is 2.00 e. The van der Waals surface area contributed by atoms with Crippen molar-refractivity contribution in [2.45, 2.75) is 19.5 Å². The third kappa shape index (κ3) is 12.5. The van der Waals surface area contributed by atoms with Gasteiger partial charge in [-0.05, 0) is 6.92 Å². The molecule has 140 valence electrons. The molecule has 2 rings (SSSR count). The molecular formula is C19H32Br2FeN2. The summed E-state index contributed by atoms with van der Waals surface area (Å²) in [5.41, 5.74) is 1.44. The molecule has 1 unspecified atom stereocenters. The van der Waals surface area contributed by atoms with Gasteiger partial charge in [0.2, 0.25) is 0 Å². The number of hydrogen-bond donors (Lipinski definition) is 0. The number of halogens is 2. The van der Waals surface area contributed by atoms with E-state index in [1.54, 1.807) is 0 Å². The summed E-state index contributed by atoms with van der Waals surface area (Å²) in [7, 11) is 11.5. The minimum atomic E-state index is 0. The molecular weight excluding hydrogens is 472 g/mol. The molecule has 0 amide bonds. The van der Waals surface area contributed by atoms with Gasteiger partial charge in [0.15, 0.2) is 0 Å². The predicted octanol–water partition coefficient (Wildman–Crippen LogP) is -2.51. The molecule has 0 fully saturated rings. The molecule has 2 aromatic rings. The van der Waals surface area contributed by atoms with E-state index in [1.807, 2.05) is 30.3 Å². The Bertz CT molecular complexity index is 457. The van der Waals surface area contributed by atoms with Crippen LogP contribution in [0.15, 0.2) is 54.6 Å². The van der Waals surface area contributed by atoms with Crippen molar-refractivity contribution in [3.63, 3.8) is 0 Å². The van der Waals surface area contributed by atoms with Crippen LogP contribution in [-0.2, 0) is 23.6 Å². The zero-order valence-corrected chi connectivity index (χ0v) is 20.0. The van der Waals surface area contributed by atoms with Crippen LogP contribution >= 0.6 is 0 Å². The van der Waals surface area contributed by atoms with Gasteiger partial charge >= 0.3 is 17.1 Å². The molecule has 5 heteroatoms. The van der Waals surface area contributed by atoms with E-state index in [9.17, 15) is 0 Å². The molecule has 0 heterocycles. The van der Waals surface area contributed by atoms with Crippen LogP contribution in [-0.4, -0.2) is 56.8 Å². The molecule has 0 saturated heterocycles. The summed E-state index contributed by atoms with van der Waals surface area (Å²) < 4.78 is 2.09. The zero-order valence-electron chi connectivity index (χ0n) is 15.7. The van der Waals surface area contributed by atoms with Crippen LogP contribution in [0.2, 0.25) is 0 Å². The van der Waals surface area contributed by atoms with Crippen LogP contribution in [0.25, 0.3) is 0 Å². The summed E-state index contributed by atoms with van der Waals surface area (Å²) >= 11 is 0. The van der Waals surface area contributed by atoms with E-state index in [0.29, 0.717) is 6.04 Å². The van der Waals surface area contributed by atoms with Gasteiger partial charge in [0.05, 0.1) is 41.8 Å². The van der Waals surface area contributed by atoms with E-state index in [4.69, 9.17) is 0 Å². The van der Waals surface area contributed by atoms with E-state index in [2.05, 4.69) is 66.4 Å². The monoisotopic (exact) mass is 502 g/mol. The zero-order chi connectivity index (χ0) is 15.9. The van der Waals surface area contributed by atoms with E-state index in [0.717, 1.165) is 15.5 Å². The normalized spacial score (nSPS) is 11.8. The second kappa shape index (κ2) is 13.3. The SMILES string of the molecule is CC(C[N+](C)(C)C[c-]1cccc1)[N+](C)(C)C.[Br-].[Br-].[Fe+2].c1cc[cH-]c1. The average molecular weight is 504 g/mol. The molecule has 0 saturated carbocycles. The summed E-state index contributed by atoms with van der Waals surface area (Å²) in [6, 6.07) is 19.4. The standard InChI is InChI=1S/C14H27N2.C5H5.2BrH.Fe/c1-13(15(2,3)4)11-16(5,6)12-14-9-7-8-10-14;1-2-4-5-3-1;;;/h7-10,13H,11-12H2,1-6H3;1-5H;2*1H;/q+1;-1;;;+2/p-2. The Hall–Kier alpha value is 0.0995. The van der Waals surface area contributed by atoms with E-state index < -0.39 is 0 Å². The van der Waals surface area contributed by atoms with E-state index >= 15 is 0 Å². The maximum atomic E-state index is 2.34. The van der Waals surface area contributed by atoms with Crippen LogP contribution in [0.5, 0.6) is 0 Å².